The molecule has 1 aliphatic carbocycles. The van der Waals surface area contributed by atoms with Crippen LogP contribution in [-0.2, 0) is 12.8 Å². The summed E-state index contributed by atoms with van der Waals surface area (Å²) in [5, 5.41) is 0. The second-order valence-corrected chi connectivity index (χ2v) is 8.88. The van der Waals surface area contributed by atoms with Crippen LogP contribution in [0.15, 0.2) is 42.5 Å². The second kappa shape index (κ2) is 10.6. The molecule has 1 heteroatoms. The molecule has 1 atom stereocenters. The van der Waals surface area contributed by atoms with Crippen LogP contribution in [-0.4, -0.2) is 0 Å². The number of hydrogen-bond acceptors (Lipinski definition) is 0. The van der Waals surface area contributed by atoms with Gasteiger partial charge in [-0.2, -0.15) is 0 Å². The van der Waals surface area contributed by atoms with Crippen LogP contribution in [0.1, 0.15) is 81.5 Å². The molecule has 2 aromatic rings. The Morgan fingerprint density at radius 3 is 2.24 bits per heavy atom. The highest BCUT2D eigenvalue weighted by Crippen LogP contribution is 2.36. The molecule has 0 heterocycles. The van der Waals surface area contributed by atoms with E-state index < -0.39 is 0 Å². The van der Waals surface area contributed by atoms with Gasteiger partial charge in [0, 0.05) is 5.56 Å². The molecule has 0 saturated heterocycles. The quantitative estimate of drug-likeness (QED) is 0.446. The molecule has 1 unspecified atom stereocenters. The van der Waals surface area contributed by atoms with Gasteiger partial charge in [0.2, 0.25) is 0 Å². The number of benzene rings is 2. The predicted molar refractivity (Wildman–Crippen MR) is 121 cm³/mol. The van der Waals surface area contributed by atoms with Crippen LogP contribution in [0.3, 0.4) is 0 Å². The lowest BCUT2D eigenvalue weighted by atomic mass is 9.74. The van der Waals surface area contributed by atoms with Gasteiger partial charge in [-0.25, -0.2) is 4.39 Å². The van der Waals surface area contributed by atoms with Crippen LogP contribution in [0.5, 0.6) is 0 Å². The first-order valence-electron chi connectivity index (χ1n) is 11.5. The van der Waals surface area contributed by atoms with Crippen LogP contribution in [0.25, 0.3) is 0 Å². The molecule has 0 nitrogen and oxygen atoms in total. The molecular weight excluding hydrogens is 355 g/mol. The van der Waals surface area contributed by atoms with E-state index in [-0.39, 0.29) is 5.82 Å². The third kappa shape index (κ3) is 6.20. The number of halogens is 1. The van der Waals surface area contributed by atoms with E-state index in [2.05, 4.69) is 50.8 Å². The average molecular weight is 391 g/mol. The molecule has 0 amide bonds. The first kappa shape index (κ1) is 21.6. The Morgan fingerprint density at radius 2 is 1.62 bits per heavy atom. The second-order valence-electron chi connectivity index (χ2n) is 8.88. The van der Waals surface area contributed by atoms with Crippen molar-refractivity contribution in [2.75, 3.05) is 0 Å². The molecule has 1 aliphatic rings. The Kier molecular flexibility index (Phi) is 7.93. The predicted octanol–water partition coefficient (Wildman–Crippen LogP) is 7.57. The van der Waals surface area contributed by atoms with Gasteiger partial charge in [0.05, 0.1) is 5.56 Å². The summed E-state index contributed by atoms with van der Waals surface area (Å²) in [7, 11) is 0. The third-order valence-electron chi connectivity index (χ3n) is 6.70. The van der Waals surface area contributed by atoms with E-state index in [9.17, 15) is 4.39 Å². The fraction of sp³-hybridized carbons (Fsp3) is 0.500. The smallest absolute Gasteiger partial charge is 0.139 e. The molecule has 3 rings (SSSR count). The maximum atomic E-state index is 14.6. The molecule has 1 fully saturated rings. The lowest BCUT2D eigenvalue weighted by Crippen LogP contribution is -2.21. The largest absolute Gasteiger partial charge is 0.206 e. The zero-order chi connectivity index (χ0) is 20.6. The molecule has 2 aromatic carbocycles. The Labute approximate surface area is 176 Å². The van der Waals surface area contributed by atoms with Gasteiger partial charge in [-0.05, 0) is 78.8 Å². The van der Waals surface area contributed by atoms with E-state index in [0.717, 1.165) is 42.2 Å². The highest BCUT2D eigenvalue weighted by Gasteiger charge is 2.24. The first-order valence-corrected chi connectivity index (χ1v) is 11.5. The summed E-state index contributed by atoms with van der Waals surface area (Å²) in [6, 6.07) is 13.9. The third-order valence-corrected chi connectivity index (χ3v) is 6.70. The van der Waals surface area contributed by atoms with Gasteiger partial charge in [0.15, 0.2) is 0 Å². The Bertz CT molecular complexity index is 829. The van der Waals surface area contributed by atoms with Crippen molar-refractivity contribution in [1.29, 1.82) is 0 Å². The van der Waals surface area contributed by atoms with Gasteiger partial charge in [0.1, 0.15) is 5.82 Å². The molecule has 154 valence electrons. The van der Waals surface area contributed by atoms with E-state index in [1.54, 1.807) is 6.07 Å². The summed E-state index contributed by atoms with van der Waals surface area (Å²) >= 11 is 0. The van der Waals surface area contributed by atoms with Gasteiger partial charge in [0.25, 0.3) is 0 Å². The van der Waals surface area contributed by atoms with Gasteiger partial charge in [-0.1, -0.05) is 76.5 Å². The fourth-order valence-electron chi connectivity index (χ4n) is 4.67. The van der Waals surface area contributed by atoms with Gasteiger partial charge >= 0.3 is 0 Å². The summed E-state index contributed by atoms with van der Waals surface area (Å²) in [6.07, 6.45) is 9.92. The maximum Gasteiger partial charge on any atom is 0.139 e. The number of rotatable bonds is 6. The Hall–Kier alpha value is -2.07. The minimum Gasteiger partial charge on any atom is -0.206 e. The highest BCUT2D eigenvalue weighted by molar-refractivity contribution is 5.44. The average Bonchev–Trinajstić information content (AvgIpc) is 2.74. The van der Waals surface area contributed by atoms with Crippen LogP contribution >= 0.6 is 0 Å². The standard InChI is InChI=1S/C28H35F/c1-4-6-23-7-9-24(10-8-23)13-17-27-18-14-25(20-28(27)29)19-21(3)26-15-11-22(5-2)12-16-26/h7-10,14,18,20-22,26H,4-6,11-12,15-16,19H2,1-3H3. The zero-order valence-electron chi connectivity index (χ0n) is 18.3. The maximum absolute atomic E-state index is 14.6. The van der Waals surface area contributed by atoms with E-state index >= 15 is 0 Å². The van der Waals surface area contributed by atoms with Gasteiger partial charge in [-0.3, -0.25) is 0 Å². The molecule has 0 radical (unpaired) electrons. The molecule has 0 aromatic heterocycles. The summed E-state index contributed by atoms with van der Waals surface area (Å²) < 4.78 is 14.6. The zero-order valence-corrected chi connectivity index (χ0v) is 18.3. The Morgan fingerprint density at radius 1 is 0.931 bits per heavy atom. The van der Waals surface area contributed by atoms with Crippen LogP contribution in [0.2, 0.25) is 0 Å². The normalized spacial score (nSPS) is 20.0. The van der Waals surface area contributed by atoms with Crippen molar-refractivity contribution in [2.24, 2.45) is 17.8 Å². The highest BCUT2D eigenvalue weighted by atomic mass is 19.1. The number of aryl methyl sites for hydroxylation is 1. The molecule has 0 N–H and O–H groups in total. The molecule has 0 bridgehead atoms. The number of hydrogen-bond donors (Lipinski definition) is 0. The summed E-state index contributed by atoms with van der Waals surface area (Å²) in [6.45, 7) is 6.83. The van der Waals surface area contributed by atoms with Crippen LogP contribution in [0, 0.1) is 35.4 Å². The molecule has 29 heavy (non-hydrogen) atoms. The SMILES string of the molecule is CCCc1ccc(C#Cc2ccc(CC(C)C3CCC(CC)CC3)cc2F)cc1. The molecule has 0 aliphatic heterocycles. The molecular formula is C28H35F. The lowest BCUT2D eigenvalue weighted by Gasteiger charge is -2.32. The first-order chi connectivity index (χ1) is 14.1. The summed E-state index contributed by atoms with van der Waals surface area (Å²) in [4.78, 5) is 0. The minimum absolute atomic E-state index is 0.195. The van der Waals surface area contributed by atoms with E-state index in [0.29, 0.717) is 11.5 Å². The lowest BCUT2D eigenvalue weighted by molar-refractivity contribution is 0.210. The van der Waals surface area contributed by atoms with Crippen molar-refractivity contribution < 1.29 is 4.39 Å². The van der Waals surface area contributed by atoms with Crippen molar-refractivity contribution in [1.82, 2.24) is 0 Å². The van der Waals surface area contributed by atoms with E-state index in [1.807, 2.05) is 18.2 Å². The van der Waals surface area contributed by atoms with Crippen molar-refractivity contribution in [3.05, 3.63) is 70.5 Å². The van der Waals surface area contributed by atoms with Crippen LogP contribution < -0.4 is 0 Å². The summed E-state index contributed by atoms with van der Waals surface area (Å²) in [5.74, 6) is 8.25. The van der Waals surface area contributed by atoms with Crippen molar-refractivity contribution in [2.45, 2.75) is 72.1 Å². The van der Waals surface area contributed by atoms with Crippen molar-refractivity contribution in [3.63, 3.8) is 0 Å². The van der Waals surface area contributed by atoms with E-state index in [4.69, 9.17) is 0 Å². The van der Waals surface area contributed by atoms with Gasteiger partial charge < -0.3 is 0 Å². The van der Waals surface area contributed by atoms with Crippen molar-refractivity contribution >= 4 is 0 Å². The summed E-state index contributed by atoms with van der Waals surface area (Å²) in [5.41, 5.74) is 3.85. The topological polar surface area (TPSA) is 0 Å². The molecule has 0 spiro atoms. The minimum atomic E-state index is -0.195. The monoisotopic (exact) mass is 390 g/mol. The van der Waals surface area contributed by atoms with Crippen LogP contribution in [0.4, 0.5) is 4.39 Å². The fourth-order valence-corrected chi connectivity index (χ4v) is 4.67. The molecule has 1 saturated carbocycles. The van der Waals surface area contributed by atoms with E-state index in [1.165, 1.54) is 37.7 Å². The van der Waals surface area contributed by atoms with Crippen molar-refractivity contribution in [3.8, 4) is 11.8 Å². The Balaban J connectivity index is 1.60. The van der Waals surface area contributed by atoms with Gasteiger partial charge in [-0.15, -0.1) is 0 Å².